The molecule has 0 amide bonds. The van der Waals surface area contributed by atoms with Crippen molar-refractivity contribution in [1.29, 1.82) is 0 Å². The quantitative estimate of drug-likeness (QED) is 0.347. The van der Waals surface area contributed by atoms with Crippen LogP contribution in [0.5, 0.6) is 0 Å². The van der Waals surface area contributed by atoms with Gasteiger partial charge in [-0.15, -0.1) is 0 Å². The third kappa shape index (κ3) is 2.09. The Labute approximate surface area is 53.2 Å². The summed E-state index contributed by atoms with van der Waals surface area (Å²) in [5, 5.41) is -9.00. The molecule has 0 atom stereocenters. The third-order valence-corrected chi connectivity index (χ3v) is 0.991. The van der Waals surface area contributed by atoms with Crippen molar-refractivity contribution >= 4 is 24.2 Å². The minimum absolute atomic E-state index is 2.22. The maximum Gasteiger partial charge on any atom is 0.393 e. The Morgan fingerprint density at radius 2 is 1.25 bits per heavy atom. The first kappa shape index (κ1) is 8.36. The molecule has 0 aromatic carbocycles. The van der Waals surface area contributed by atoms with Gasteiger partial charge in [0.05, 0.1) is 0 Å². The van der Waals surface area contributed by atoms with E-state index in [2.05, 4.69) is 24.2 Å². The molecule has 0 heterocycles. The third-order valence-electron chi connectivity index (χ3n) is 0.341. The van der Waals surface area contributed by atoms with Crippen LogP contribution in [-0.2, 0) is 0 Å². The predicted molar refractivity (Wildman–Crippen MR) is 24.7 cm³/mol. The normalized spacial score (nSPS) is 14.2. The van der Waals surface area contributed by atoms with Gasteiger partial charge in [0.2, 0.25) is 0 Å². The fraction of sp³-hybridized carbons (Fsp3) is 1.00. The van der Waals surface area contributed by atoms with E-state index in [9.17, 15) is 17.6 Å². The molecule has 6 heteroatoms. The molecule has 0 unspecified atom stereocenters. The number of rotatable bonds is 1. The molecule has 0 aliphatic heterocycles. The summed E-state index contributed by atoms with van der Waals surface area (Å²) in [5.74, 6) is 0. The zero-order valence-corrected chi connectivity index (χ0v) is 4.99. The van der Waals surface area contributed by atoms with Crippen molar-refractivity contribution < 1.29 is 17.6 Å². The average molecular weight is 169 g/mol. The minimum atomic E-state index is -4.56. The highest BCUT2D eigenvalue weighted by atomic mass is 35.5. The van der Waals surface area contributed by atoms with Gasteiger partial charge in [0.15, 0.2) is 0 Å². The van der Waals surface area contributed by atoms with Crippen molar-refractivity contribution in [3.63, 3.8) is 0 Å². The number of halogens is 5. The molecule has 0 spiro atoms. The smallest absolute Gasteiger partial charge is 0.186 e. The van der Waals surface area contributed by atoms with E-state index in [1.165, 1.54) is 0 Å². The fourth-order valence-electron chi connectivity index (χ4n) is 0. The minimum Gasteiger partial charge on any atom is -0.186 e. The van der Waals surface area contributed by atoms with Crippen LogP contribution in [0, 0.1) is 0 Å². The van der Waals surface area contributed by atoms with Crippen LogP contribution in [0.4, 0.5) is 17.6 Å². The molecule has 0 aromatic heterocycles. The maximum absolute atomic E-state index is 11.2. The van der Waals surface area contributed by atoms with Gasteiger partial charge in [0, 0.05) is 0 Å². The van der Waals surface area contributed by atoms with Gasteiger partial charge in [-0.25, -0.2) is 0 Å². The molecule has 0 N–H and O–H groups in total. The zero-order valence-electron chi connectivity index (χ0n) is 3.34. The first-order valence-corrected chi connectivity index (χ1v) is 2.24. The van der Waals surface area contributed by atoms with Gasteiger partial charge < -0.3 is 0 Å². The lowest BCUT2D eigenvalue weighted by Gasteiger charge is -2.13. The van der Waals surface area contributed by atoms with E-state index >= 15 is 0 Å². The molecule has 0 nitrogen and oxygen atoms in total. The Balaban J connectivity index is 4.02. The van der Waals surface area contributed by atoms with Crippen LogP contribution in [0.25, 0.3) is 0 Å². The molecule has 0 rings (SSSR count). The molecule has 0 saturated carbocycles. The van der Waals surface area contributed by atoms with E-state index < -0.39 is 10.6 Å². The van der Waals surface area contributed by atoms with E-state index in [4.69, 9.17) is 0 Å². The molecule has 0 saturated heterocycles. The summed E-state index contributed by atoms with van der Waals surface area (Å²) in [6, 6.07) is 0. The van der Waals surface area contributed by atoms with Gasteiger partial charge in [-0.05, 0) is 11.6 Å². The highest BCUT2D eigenvalue weighted by Crippen LogP contribution is 2.39. The highest BCUT2D eigenvalue weighted by Gasteiger charge is 2.51. The highest BCUT2D eigenvalue weighted by molar-refractivity contribution is 7.81. The Hall–Kier alpha value is 0.360. The maximum atomic E-state index is 11.2. The van der Waals surface area contributed by atoms with Gasteiger partial charge in [0.25, 0.3) is 0 Å². The molecule has 0 aromatic rings. The summed E-state index contributed by atoms with van der Waals surface area (Å²) in [4.78, 5) is 0. The lowest BCUT2D eigenvalue weighted by atomic mass is 10.7. The summed E-state index contributed by atoms with van der Waals surface area (Å²) in [7, 11) is 0. The van der Waals surface area contributed by atoms with Crippen LogP contribution in [0.15, 0.2) is 0 Å². The lowest BCUT2D eigenvalue weighted by molar-refractivity contribution is -0.0882. The number of hydrogen-bond donors (Lipinski definition) is 1. The standard InChI is InChI=1S/C2HClF4S/c3-1(4,5)2(6,7)8/h8H. The molecule has 8 heavy (non-hydrogen) atoms. The molecule has 0 radical (unpaired) electrons. The predicted octanol–water partition coefficient (Wildman–Crippen LogP) is 2.34. The van der Waals surface area contributed by atoms with Crippen LogP contribution in [0.3, 0.4) is 0 Å². The van der Waals surface area contributed by atoms with Gasteiger partial charge in [-0.3, -0.25) is 0 Å². The van der Waals surface area contributed by atoms with Crippen molar-refractivity contribution in [2.24, 2.45) is 0 Å². The monoisotopic (exact) mass is 168 g/mol. The second kappa shape index (κ2) is 1.95. The Kier molecular flexibility index (Phi) is 2.04. The lowest BCUT2D eigenvalue weighted by Crippen LogP contribution is -2.28. The van der Waals surface area contributed by atoms with Crippen LogP contribution in [0.2, 0.25) is 0 Å². The molecular formula is C2HClF4S. The van der Waals surface area contributed by atoms with Gasteiger partial charge in [-0.2, -0.15) is 17.6 Å². The van der Waals surface area contributed by atoms with Crippen molar-refractivity contribution in [3.05, 3.63) is 0 Å². The summed E-state index contributed by atoms with van der Waals surface area (Å²) >= 11 is 6.07. The Bertz CT molecular complexity index is 69.0. The van der Waals surface area contributed by atoms with Gasteiger partial charge >= 0.3 is 10.6 Å². The van der Waals surface area contributed by atoms with Crippen LogP contribution < -0.4 is 0 Å². The van der Waals surface area contributed by atoms with Crippen molar-refractivity contribution in [3.8, 4) is 0 Å². The molecule has 0 fully saturated rings. The van der Waals surface area contributed by atoms with E-state index in [0.717, 1.165) is 0 Å². The first-order chi connectivity index (χ1) is 3.25. The SMILES string of the molecule is FC(F)(S)C(F)(F)Cl. The van der Waals surface area contributed by atoms with Crippen LogP contribution in [0.1, 0.15) is 0 Å². The van der Waals surface area contributed by atoms with Gasteiger partial charge in [-0.1, -0.05) is 12.6 Å². The summed E-state index contributed by atoms with van der Waals surface area (Å²) < 4.78 is 44.8. The molecule has 0 bridgehead atoms. The largest absolute Gasteiger partial charge is 0.393 e. The summed E-state index contributed by atoms with van der Waals surface area (Å²) in [6.45, 7) is 0. The average Bonchev–Trinajstić information content (AvgIpc) is 1.25. The van der Waals surface area contributed by atoms with E-state index in [-0.39, 0.29) is 0 Å². The van der Waals surface area contributed by atoms with Crippen LogP contribution in [-0.4, -0.2) is 10.6 Å². The van der Waals surface area contributed by atoms with E-state index in [0.29, 0.717) is 0 Å². The van der Waals surface area contributed by atoms with Crippen molar-refractivity contribution in [2.45, 2.75) is 10.6 Å². The van der Waals surface area contributed by atoms with Gasteiger partial charge in [0.1, 0.15) is 0 Å². The molecule has 0 aliphatic carbocycles. The molecule has 0 aliphatic rings. The second-order valence-corrected chi connectivity index (χ2v) is 2.08. The zero-order chi connectivity index (χ0) is 7.00. The Morgan fingerprint density at radius 1 is 1.12 bits per heavy atom. The van der Waals surface area contributed by atoms with E-state index in [1.807, 2.05) is 0 Å². The summed E-state index contributed by atoms with van der Waals surface area (Å²) in [5.41, 5.74) is 0. The fourth-order valence-corrected chi connectivity index (χ4v) is 0. The summed E-state index contributed by atoms with van der Waals surface area (Å²) in [6.07, 6.45) is 0. The van der Waals surface area contributed by atoms with Crippen LogP contribution >= 0.6 is 24.2 Å². The second-order valence-electron chi connectivity index (χ2n) is 1.04. The first-order valence-electron chi connectivity index (χ1n) is 1.42. The number of alkyl halides is 5. The Morgan fingerprint density at radius 3 is 1.25 bits per heavy atom. The number of hydrogen-bond acceptors (Lipinski definition) is 1. The molecular weight excluding hydrogens is 168 g/mol. The van der Waals surface area contributed by atoms with E-state index in [1.54, 1.807) is 0 Å². The van der Waals surface area contributed by atoms with Crippen molar-refractivity contribution in [1.82, 2.24) is 0 Å². The topological polar surface area (TPSA) is 0 Å². The van der Waals surface area contributed by atoms with Crippen molar-refractivity contribution in [2.75, 3.05) is 0 Å². The molecule has 50 valence electrons. The number of thiol groups is 1.